The van der Waals surface area contributed by atoms with Crippen molar-refractivity contribution < 1.29 is 4.92 Å². The van der Waals surface area contributed by atoms with Crippen LogP contribution in [0, 0.1) is 10.1 Å². The summed E-state index contributed by atoms with van der Waals surface area (Å²) in [5.74, 6) is 0. The van der Waals surface area contributed by atoms with Crippen LogP contribution in [0.1, 0.15) is 31.7 Å². The van der Waals surface area contributed by atoms with Crippen LogP contribution >= 0.6 is 0 Å². The Morgan fingerprint density at radius 2 is 2.11 bits per heavy atom. The molecule has 0 atom stereocenters. The number of nitro groups is 1. The normalized spacial score (nSPS) is 10.7. The van der Waals surface area contributed by atoms with E-state index in [1.54, 1.807) is 13.1 Å². The fourth-order valence-electron chi connectivity index (χ4n) is 2.06. The van der Waals surface area contributed by atoms with Gasteiger partial charge in [-0.1, -0.05) is 25.8 Å². The third kappa shape index (κ3) is 4.87. The van der Waals surface area contributed by atoms with Gasteiger partial charge in [0, 0.05) is 19.7 Å². The Labute approximate surface area is 114 Å². The number of nitro benzene ring substituents is 1. The van der Waals surface area contributed by atoms with Crippen molar-refractivity contribution in [2.45, 2.75) is 32.7 Å². The first kappa shape index (κ1) is 15.4. The summed E-state index contributed by atoms with van der Waals surface area (Å²) in [7, 11) is 3.78. The van der Waals surface area contributed by atoms with Crippen LogP contribution in [0.15, 0.2) is 18.2 Å². The summed E-state index contributed by atoms with van der Waals surface area (Å²) in [4.78, 5) is 12.7. The van der Waals surface area contributed by atoms with E-state index in [9.17, 15) is 10.1 Å². The number of hydrogen-bond donors (Lipinski definition) is 1. The smallest absolute Gasteiger partial charge is 0.292 e. The van der Waals surface area contributed by atoms with Crippen molar-refractivity contribution in [1.29, 1.82) is 0 Å². The molecular formula is C14H23N3O2. The van der Waals surface area contributed by atoms with Crippen molar-refractivity contribution in [3.63, 3.8) is 0 Å². The van der Waals surface area contributed by atoms with E-state index in [0.29, 0.717) is 5.69 Å². The van der Waals surface area contributed by atoms with Gasteiger partial charge >= 0.3 is 0 Å². The Balaban J connectivity index is 2.66. The largest absolute Gasteiger partial charge is 0.383 e. The topological polar surface area (TPSA) is 58.4 Å². The van der Waals surface area contributed by atoms with Crippen LogP contribution in [0.2, 0.25) is 0 Å². The van der Waals surface area contributed by atoms with Gasteiger partial charge in [0.2, 0.25) is 0 Å². The highest BCUT2D eigenvalue weighted by Gasteiger charge is 2.13. The number of rotatable bonds is 8. The first-order chi connectivity index (χ1) is 9.08. The van der Waals surface area contributed by atoms with Crippen molar-refractivity contribution >= 4 is 11.4 Å². The Bertz CT molecular complexity index is 421. The minimum Gasteiger partial charge on any atom is -0.383 e. The van der Waals surface area contributed by atoms with E-state index < -0.39 is 0 Å². The number of hydrogen-bond acceptors (Lipinski definition) is 4. The molecule has 1 aromatic rings. The molecule has 0 aromatic heterocycles. The molecule has 0 aliphatic carbocycles. The minimum atomic E-state index is -0.361. The second-order valence-electron chi connectivity index (χ2n) is 4.80. The van der Waals surface area contributed by atoms with Gasteiger partial charge < -0.3 is 10.2 Å². The van der Waals surface area contributed by atoms with Crippen molar-refractivity contribution in [3.05, 3.63) is 33.9 Å². The van der Waals surface area contributed by atoms with Crippen molar-refractivity contribution in [2.75, 3.05) is 26.0 Å². The summed E-state index contributed by atoms with van der Waals surface area (Å²) in [5.41, 5.74) is 1.79. The molecule has 5 nitrogen and oxygen atoms in total. The minimum absolute atomic E-state index is 0.125. The molecule has 0 saturated carbocycles. The van der Waals surface area contributed by atoms with Crippen molar-refractivity contribution in [3.8, 4) is 0 Å². The average Bonchev–Trinajstić information content (AvgIpc) is 2.38. The van der Waals surface area contributed by atoms with E-state index in [-0.39, 0.29) is 10.6 Å². The highest BCUT2D eigenvalue weighted by atomic mass is 16.6. The predicted molar refractivity (Wildman–Crippen MR) is 78.5 cm³/mol. The Kier molecular flexibility index (Phi) is 6.29. The third-order valence-electron chi connectivity index (χ3n) is 3.12. The molecule has 0 aliphatic rings. The Morgan fingerprint density at radius 3 is 2.68 bits per heavy atom. The molecule has 19 heavy (non-hydrogen) atoms. The molecule has 0 saturated heterocycles. The van der Waals surface area contributed by atoms with Gasteiger partial charge in [-0.25, -0.2) is 0 Å². The maximum absolute atomic E-state index is 10.8. The SMILES string of the molecule is CCCCCN(C)Cc1ccc([N+](=O)[O-])c(NC)c1. The highest BCUT2D eigenvalue weighted by Crippen LogP contribution is 2.25. The quantitative estimate of drug-likeness (QED) is 0.445. The zero-order valence-electron chi connectivity index (χ0n) is 12.0. The third-order valence-corrected chi connectivity index (χ3v) is 3.12. The molecule has 0 bridgehead atoms. The van der Waals surface area contributed by atoms with Crippen LogP contribution in [0.3, 0.4) is 0 Å². The summed E-state index contributed by atoms with van der Waals surface area (Å²) in [6.07, 6.45) is 3.65. The molecule has 0 spiro atoms. The van der Waals surface area contributed by atoms with Crippen LogP contribution in [0.5, 0.6) is 0 Å². The second kappa shape index (κ2) is 7.74. The monoisotopic (exact) mass is 265 g/mol. The number of unbranched alkanes of at least 4 members (excludes halogenated alkanes) is 2. The first-order valence-corrected chi connectivity index (χ1v) is 6.72. The van der Waals surface area contributed by atoms with Gasteiger partial charge in [0.25, 0.3) is 5.69 Å². The van der Waals surface area contributed by atoms with Crippen molar-refractivity contribution in [1.82, 2.24) is 4.90 Å². The molecule has 0 heterocycles. The molecule has 1 rings (SSSR count). The lowest BCUT2D eigenvalue weighted by atomic mass is 10.1. The molecule has 0 fully saturated rings. The second-order valence-corrected chi connectivity index (χ2v) is 4.80. The first-order valence-electron chi connectivity index (χ1n) is 6.72. The fraction of sp³-hybridized carbons (Fsp3) is 0.571. The summed E-state index contributed by atoms with van der Waals surface area (Å²) < 4.78 is 0. The zero-order valence-corrected chi connectivity index (χ0v) is 12.0. The maximum Gasteiger partial charge on any atom is 0.292 e. The Hall–Kier alpha value is -1.62. The van der Waals surface area contributed by atoms with Crippen LogP contribution in [0.25, 0.3) is 0 Å². The standard InChI is InChI=1S/C14H23N3O2/c1-4-5-6-9-16(3)11-12-7-8-14(17(18)19)13(10-12)15-2/h7-8,10,15H,4-6,9,11H2,1-3H3. The summed E-state index contributed by atoms with van der Waals surface area (Å²) in [6.45, 7) is 4.06. The van der Waals surface area contributed by atoms with E-state index in [0.717, 1.165) is 18.7 Å². The summed E-state index contributed by atoms with van der Waals surface area (Å²) in [5, 5.41) is 13.7. The predicted octanol–water partition coefficient (Wildman–Crippen LogP) is 3.26. The van der Waals surface area contributed by atoms with Crippen molar-refractivity contribution in [2.24, 2.45) is 0 Å². The number of benzene rings is 1. The van der Waals surface area contributed by atoms with Crippen LogP contribution in [-0.2, 0) is 6.54 Å². The molecule has 1 N–H and O–H groups in total. The van der Waals surface area contributed by atoms with Gasteiger partial charge in [-0.2, -0.15) is 0 Å². The van der Waals surface area contributed by atoms with E-state index >= 15 is 0 Å². The molecule has 1 aromatic carbocycles. The number of anilines is 1. The maximum atomic E-state index is 10.8. The van der Waals surface area contributed by atoms with Crippen LogP contribution < -0.4 is 5.32 Å². The van der Waals surface area contributed by atoms with Gasteiger partial charge in [-0.05, 0) is 31.6 Å². The van der Waals surface area contributed by atoms with Gasteiger partial charge in [-0.15, -0.1) is 0 Å². The van der Waals surface area contributed by atoms with Gasteiger partial charge in [0.1, 0.15) is 5.69 Å². The zero-order chi connectivity index (χ0) is 14.3. The number of nitrogens with zero attached hydrogens (tertiary/aromatic N) is 2. The molecular weight excluding hydrogens is 242 g/mol. The van der Waals surface area contributed by atoms with E-state index in [1.165, 1.54) is 19.3 Å². The molecule has 0 radical (unpaired) electrons. The van der Waals surface area contributed by atoms with Crippen LogP contribution in [0.4, 0.5) is 11.4 Å². The van der Waals surface area contributed by atoms with E-state index in [4.69, 9.17) is 0 Å². The lowest BCUT2D eigenvalue weighted by molar-refractivity contribution is -0.384. The lowest BCUT2D eigenvalue weighted by Gasteiger charge is -2.17. The summed E-state index contributed by atoms with van der Waals surface area (Å²) >= 11 is 0. The Morgan fingerprint density at radius 1 is 1.37 bits per heavy atom. The molecule has 0 amide bonds. The lowest BCUT2D eigenvalue weighted by Crippen LogP contribution is -2.19. The molecule has 106 valence electrons. The molecule has 0 unspecified atom stereocenters. The molecule has 5 heteroatoms. The number of nitrogens with one attached hydrogen (secondary N) is 1. The highest BCUT2D eigenvalue weighted by molar-refractivity contribution is 5.62. The van der Waals surface area contributed by atoms with E-state index in [2.05, 4.69) is 24.2 Å². The average molecular weight is 265 g/mol. The summed E-state index contributed by atoms with van der Waals surface area (Å²) in [6, 6.07) is 5.25. The molecule has 0 aliphatic heterocycles. The van der Waals surface area contributed by atoms with E-state index in [1.807, 2.05) is 12.1 Å². The van der Waals surface area contributed by atoms with Gasteiger partial charge in [0.15, 0.2) is 0 Å². The van der Waals surface area contributed by atoms with Gasteiger partial charge in [0.05, 0.1) is 4.92 Å². The van der Waals surface area contributed by atoms with Gasteiger partial charge in [-0.3, -0.25) is 10.1 Å². The fourth-order valence-corrected chi connectivity index (χ4v) is 2.06. The van der Waals surface area contributed by atoms with Crippen LogP contribution in [-0.4, -0.2) is 30.5 Å².